The van der Waals surface area contributed by atoms with E-state index >= 15 is 0 Å². The fourth-order valence-electron chi connectivity index (χ4n) is 0. The molecule has 2 nitrogen and oxygen atoms in total. The van der Waals surface area contributed by atoms with Gasteiger partial charge in [0.15, 0.2) is 0 Å². The van der Waals surface area contributed by atoms with Gasteiger partial charge in [-0.05, 0) is 0 Å². The molecule has 0 aromatic rings. The Bertz CT molecular complexity index is 36.7. The second kappa shape index (κ2) is 15.8. The average Bonchev–Trinajstić information content (AvgIpc) is 0.811. The van der Waals surface area contributed by atoms with E-state index in [1.165, 1.54) is 0 Å². The van der Waals surface area contributed by atoms with Gasteiger partial charge in [0.2, 0.25) is 0 Å². The molecule has 0 amide bonds. The van der Waals surface area contributed by atoms with Crippen molar-refractivity contribution < 1.29 is 44.0 Å². The summed E-state index contributed by atoms with van der Waals surface area (Å²) in [4.78, 5) is 9.00. The molecule has 0 bridgehead atoms. The van der Waals surface area contributed by atoms with Crippen LogP contribution in [0.1, 0.15) is 6.92 Å². The molecule has 0 aliphatic rings. The van der Waals surface area contributed by atoms with Gasteiger partial charge in [0.25, 0.3) is 5.97 Å². The van der Waals surface area contributed by atoms with Crippen molar-refractivity contribution in [2.75, 3.05) is 0 Å². The van der Waals surface area contributed by atoms with E-state index < -0.39 is 5.97 Å². The standard InChI is InChI=1S/C2H4O2.ClH.2Cu/c1-2(3)4;;;/h1H3,(H,3,4);1H;;. The van der Waals surface area contributed by atoms with Gasteiger partial charge in [0, 0.05) is 41.1 Å². The van der Waals surface area contributed by atoms with E-state index in [1.807, 2.05) is 0 Å². The van der Waals surface area contributed by atoms with Crippen molar-refractivity contribution in [3.05, 3.63) is 0 Å². The third kappa shape index (κ3) is 245. The molecule has 0 aliphatic carbocycles. The van der Waals surface area contributed by atoms with Gasteiger partial charge < -0.3 is 5.11 Å². The van der Waals surface area contributed by atoms with E-state index in [2.05, 4.69) is 0 Å². The number of rotatable bonds is 0. The summed E-state index contributed by atoms with van der Waals surface area (Å²) in [5.41, 5.74) is 0. The molecule has 5 heteroatoms. The Morgan fingerprint density at radius 1 is 1.43 bits per heavy atom. The van der Waals surface area contributed by atoms with Crippen LogP contribution >= 0.6 is 12.4 Å². The smallest absolute Gasteiger partial charge is 0.300 e. The van der Waals surface area contributed by atoms with Crippen molar-refractivity contribution in [2.24, 2.45) is 0 Å². The summed E-state index contributed by atoms with van der Waals surface area (Å²) in [6, 6.07) is 0. The summed E-state index contributed by atoms with van der Waals surface area (Å²) in [6.07, 6.45) is 0. The van der Waals surface area contributed by atoms with Gasteiger partial charge in [-0.1, -0.05) is 0 Å². The van der Waals surface area contributed by atoms with Gasteiger partial charge in [-0.15, -0.1) is 12.4 Å². The number of aliphatic carboxylic acids is 1. The molecule has 0 heterocycles. The molecule has 1 N–H and O–H groups in total. The predicted octanol–water partition coefficient (Wildman–Crippen LogP) is 0.508. The van der Waals surface area contributed by atoms with Crippen LogP contribution in [0.15, 0.2) is 0 Å². The second-order valence-electron chi connectivity index (χ2n) is 0.519. The molecule has 7 heavy (non-hydrogen) atoms. The van der Waals surface area contributed by atoms with Crippen molar-refractivity contribution in [1.29, 1.82) is 0 Å². The van der Waals surface area contributed by atoms with Gasteiger partial charge >= 0.3 is 0 Å². The van der Waals surface area contributed by atoms with Crippen LogP contribution in [0, 0.1) is 0 Å². The van der Waals surface area contributed by atoms with Gasteiger partial charge in [0.1, 0.15) is 0 Å². The Morgan fingerprint density at radius 3 is 1.43 bits per heavy atom. The van der Waals surface area contributed by atoms with Crippen LogP contribution in [0.4, 0.5) is 0 Å². The summed E-state index contributed by atoms with van der Waals surface area (Å²) in [6.45, 7) is 1.08. The molecular formula is C2H5ClCu2O2. The normalized spacial score (nSPS) is 3.57. The molecule has 0 spiro atoms. The molecule has 0 saturated carbocycles. The third-order valence-corrected chi connectivity index (χ3v) is 0. The minimum atomic E-state index is -0.833. The molecular weight excluding hydrogens is 219 g/mol. The molecule has 0 unspecified atom stereocenters. The van der Waals surface area contributed by atoms with Crippen LogP contribution in [0.3, 0.4) is 0 Å². The van der Waals surface area contributed by atoms with Gasteiger partial charge in [-0.2, -0.15) is 0 Å². The van der Waals surface area contributed by atoms with Crippen LogP contribution in [0.2, 0.25) is 0 Å². The molecule has 0 aliphatic heterocycles. The quantitative estimate of drug-likeness (QED) is 0.608. The largest absolute Gasteiger partial charge is 0.481 e. The van der Waals surface area contributed by atoms with Gasteiger partial charge in [0.05, 0.1) is 0 Å². The molecule has 0 saturated heterocycles. The second-order valence-corrected chi connectivity index (χ2v) is 0.519. The van der Waals surface area contributed by atoms with Gasteiger partial charge in [-0.25, -0.2) is 0 Å². The van der Waals surface area contributed by atoms with Crippen LogP contribution in [-0.4, -0.2) is 11.1 Å². The summed E-state index contributed by atoms with van der Waals surface area (Å²) in [5, 5.41) is 7.42. The maximum absolute atomic E-state index is 9.00. The maximum Gasteiger partial charge on any atom is 0.300 e. The zero-order valence-electron chi connectivity index (χ0n) is 3.37. The zero-order valence-corrected chi connectivity index (χ0v) is 6.07. The Hall–Kier alpha value is 0.799. The minimum Gasteiger partial charge on any atom is -0.481 e. The van der Waals surface area contributed by atoms with Crippen molar-refractivity contribution in [3.63, 3.8) is 0 Å². The molecule has 0 aromatic heterocycles. The third-order valence-electron chi connectivity index (χ3n) is 0. The first kappa shape index (κ1) is 25.0. The maximum atomic E-state index is 9.00. The fourth-order valence-corrected chi connectivity index (χ4v) is 0. The Morgan fingerprint density at radius 2 is 1.43 bits per heavy atom. The number of hydrogen-bond donors (Lipinski definition) is 1. The number of carboxylic acid groups (broad SMARTS) is 1. The summed E-state index contributed by atoms with van der Waals surface area (Å²) in [7, 11) is 0. The number of hydrogen-bond acceptors (Lipinski definition) is 1. The predicted molar refractivity (Wildman–Crippen MR) is 20.6 cm³/mol. The first-order valence-corrected chi connectivity index (χ1v) is 0.928. The molecule has 54 valence electrons. The van der Waals surface area contributed by atoms with E-state index in [0.29, 0.717) is 0 Å². The number of carbonyl (C=O) groups is 1. The van der Waals surface area contributed by atoms with Crippen LogP contribution in [0.25, 0.3) is 0 Å². The van der Waals surface area contributed by atoms with Crippen molar-refractivity contribution in [3.8, 4) is 0 Å². The summed E-state index contributed by atoms with van der Waals surface area (Å²) < 4.78 is 0. The molecule has 2 radical (unpaired) electrons. The average molecular weight is 224 g/mol. The topological polar surface area (TPSA) is 37.3 Å². The van der Waals surface area contributed by atoms with Crippen molar-refractivity contribution >= 4 is 18.4 Å². The summed E-state index contributed by atoms with van der Waals surface area (Å²) in [5.74, 6) is -0.833. The fraction of sp³-hybridized carbons (Fsp3) is 0.500. The zero-order chi connectivity index (χ0) is 3.58. The first-order valence-electron chi connectivity index (χ1n) is 0.928. The molecule has 0 atom stereocenters. The number of halogens is 1. The summed E-state index contributed by atoms with van der Waals surface area (Å²) >= 11 is 0. The van der Waals surface area contributed by atoms with E-state index in [9.17, 15) is 0 Å². The van der Waals surface area contributed by atoms with E-state index in [4.69, 9.17) is 9.90 Å². The Kier molecular flexibility index (Phi) is 56.5. The van der Waals surface area contributed by atoms with Gasteiger partial charge in [-0.3, -0.25) is 4.79 Å². The van der Waals surface area contributed by atoms with Crippen molar-refractivity contribution in [1.82, 2.24) is 0 Å². The minimum absolute atomic E-state index is 0. The monoisotopic (exact) mass is 222 g/mol. The van der Waals surface area contributed by atoms with E-state index in [0.717, 1.165) is 6.92 Å². The van der Waals surface area contributed by atoms with Crippen LogP contribution < -0.4 is 0 Å². The van der Waals surface area contributed by atoms with Crippen molar-refractivity contribution in [2.45, 2.75) is 6.92 Å². The Labute approximate surface area is 69.4 Å². The number of carboxylic acids is 1. The van der Waals surface area contributed by atoms with Crippen LogP contribution in [-0.2, 0) is 38.9 Å². The molecule has 0 fully saturated rings. The Balaban J connectivity index is -0.0000000150. The first-order chi connectivity index (χ1) is 1.73. The molecule has 0 aromatic carbocycles. The van der Waals surface area contributed by atoms with Crippen LogP contribution in [0.5, 0.6) is 0 Å². The molecule has 0 rings (SSSR count). The van der Waals surface area contributed by atoms with E-state index in [1.54, 1.807) is 0 Å². The SMILES string of the molecule is CC(=O)O.Cl.[Cu].[Cu]. The van der Waals surface area contributed by atoms with E-state index in [-0.39, 0.29) is 46.5 Å².